The highest BCUT2D eigenvalue weighted by Crippen LogP contribution is 2.46. The van der Waals surface area contributed by atoms with Crippen LogP contribution in [0.25, 0.3) is 0 Å². The molecule has 2 atom stereocenters. The maximum atomic E-state index is 11.1. The SMILES string of the molecule is O=C(O)[C@H]1/C(=C\CO)S[C@@H]2CC(=O)N21. The van der Waals surface area contributed by atoms with Crippen molar-refractivity contribution in [2.75, 3.05) is 6.61 Å². The number of hydrogen-bond donors (Lipinski definition) is 2. The minimum Gasteiger partial charge on any atom is -0.479 e. The van der Waals surface area contributed by atoms with E-state index in [2.05, 4.69) is 0 Å². The molecule has 2 N–H and O–H groups in total. The average molecular weight is 215 g/mol. The molecular formula is C8H9NO4S. The Bertz CT molecular complexity index is 327. The summed E-state index contributed by atoms with van der Waals surface area (Å²) in [5.41, 5.74) is 0. The molecule has 0 unspecified atom stereocenters. The van der Waals surface area contributed by atoms with Crippen LogP contribution in [0.2, 0.25) is 0 Å². The van der Waals surface area contributed by atoms with E-state index < -0.39 is 12.0 Å². The number of carbonyl (C=O) groups is 2. The summed E-state index contributed by atoms with van der Waals surface area (Å²) in [6.45, 7) is -0.194. The number of aliphatic carboxylic acids is 1. The van der Waals surface area contributed by atoms with Gasteiger partial charge in [0, 0.05) is 4.91 Å². The molecule has 0 radical (unpaired) electrons. The summed E-state index contributed by atoms with van der Waals surface area (Å²) in [5.74, 6) is -1.16. The van der Waals surface area contributed by atoms with Gasteiger partial charge < -0.3 is 15.1 Å². The lowest BCUT2D eigenvalue weighted by molar-refractivity contribution is -0.154. The molecule has 1 amide bonds. The summed E-state index contributed by atoms with van der Waals surface area (Å²) in [5, 5.41) is 17.6. The van der Waals surface area contributed by atoms with Gasteiger partial charge in [-0.25, -0.2) is 4.79 Å². The number of amides is 1. The fraction of sp³-hybridized carbons (Fsp3) is 0.500. The zero-order valence-electron chi connectivity index (χ0n) is 7.21. The van der Waals surface area contributed by atoms with Gasteiger partial charge in [-0.1, -0.05) is 0 Å². The van der Waals surface area contributed by atoms with Crippen molar-refractivity contribution in [3.8, 4) is 0 Å². The van der Waals surface area contributed by atoms with Crippen LogP contribution in [0.15, 0.2) is 11.0 Å². The molecule has 0 aromatic carbocycles. The number of carboxylic acid groups (broad SMARTS) is 1. The van der Waals surface area contributed by atoms with Gasteiger partial charge in [0.05, 0.1) is 18.4 Å². The van der Waals surface area contributed by atoms with Crippen molar-refractivity contribution in [1.29, 1.82) is 0 Å². The Hall–Kier alpha value is -1.01. The molecule has 6 heteroatoms. The maximum absolute atomic E-state index is 11.1. The third-order valence-corrected chi connectivity index (χ3v) is 3.62. The second kappa shape index (κ2) is 3.29. The molecule has 2 aliphatic heterocycles. The normalized spacial score (nSPS) is 33.1. The van der Waals surface area contributed by atoms with Crippen LogP contribution >= 0.6 is 11.8 Å². The first kappa shape index (κ1) is 9.54. The van der Waals surface area contributed by atoms with Gasteiger partial charge in [-0.2, -0.15) is 0 Å². The first-order valence-electron chi connectivity index (χ1n) is 4.16. The van der Waals surface area contributed by atoms with Crippen LogP contribution < -0.4 is 0 Å². The molecule has 14 heavy (non-hydrogen) atoms. The predicted octanol–water partition coefficient (Wildman–Crippen LogP) is -0.379. The summed E-state index contributed by atoms with van der Waals surface area (Å²) in [6, 6.07) is -0.876. The van der Waals surface area contributed by atoms with Crippen molar-refractivity contribution in [1.82, 2.24) is 4.90 Å². The van der Waals surface area contributed by atoms with Crippen LogP contribution in [0, 0.1) is 0 Å². The van der Waals surface area contributed by atoms with Gasteiger partial charge in [-0.3, -0.25) is 4.79 Å². The molecule has 2 aliphatic rings. The Morgan fingerprint density at radius 2 is 2.43 bits per heavy atom. The third kappa shape index (κ3) is 1.22. The molecule has 0 spiro atoms. The summed E-state index contributed by atoms with van der Waals surface area (Å²) >= 11 is 1.35. The predicted molar refractivity (Wildman–Crippen MR) is 49.4 cm³/mol. The van der Waals surface area contributed by atoms with Gasteiger partial charge in [0.25, 0.3) is 0 Å². The van der Waals surface area contributed by atoms with Crippen LogP contribution in [-0.2, 0) is 9.59 Å². The van der Waals surface area contributed by atoms with Crippen molar-refractivity contribution in [2.45, 2.75) is 17.8 Å². The van der Waals surface area contributed by atoms with Crippen LogP contribution in [0.5, 0.6) is 0 Å². The van der Waals surface area contributed by atoms with E-state index >= 15 is 0 Å². The Morgan fingerprint density at radius 3 is 2.93 bits per heavy atom. The van der Waals surface area contributed by atoms with E-state index in [9.17, 15) is 9.59 Å². The van der Waals surface area contributed by atoms with Gasteiger partial charge in [0.1, 0.15) is 0 Å². The molecule has 0 aromatic rings. The standard InChI is InChI=1S/C8H9NO4S/c10-2-1-4-7(8(12)13)9-5(11)3-6(9)14-4/h1,6-7,10H,2-3H2,(H,12,13)/b4-1+/t6-,7-/m1/s1. The van der Waals surface area contributed by atoms with Crippen LogP contribution in [-0.4, -0.2) is 45.0 Å². The number of fused-ring (bicyclic) bond motifs is 1. The number of thioether (sulfide) groups is 1. The highest BCUT2D eigenvalue weighted by Gasteiger charge is 2.52. The maximum Gasteiger partial charge on any atom is 0.331 e. The molecule has 76 valence electrons. The second-order valence-electron chi connectivity index (χ2n) is 3.11. The molecule has 0 saturated carbocycles. The van der Waals surface area contributed by atoms with Crippen molar-refractivity contribution in [3.63, 3.8) is 0 Å². The number of aliphatic hydroxyl groups is 1. The molecule has 2 saturated heterocycles. The summed E-state index contributed by atoms with van der Waals surface area (Å²) < 4.78 is 0. The largest absolute Gasteiger partial charge is 0.479 e. The van der Waals surface area contributed by atoms with Crippen LogP contribution in [0.4, 0.5) is 0 Å². The molecule has 2 rings (SSSR count). The first-order valence-corrected chi connectivity index (χ1v) is 5.04. The monoisotopic (exact) mass is 215 g/mol. The topological polar surface area (TPSA) is 77.8 Å². The number of rotatable bonds is 2. The lowest BCUT2D eigenvalue weighted by Gasteiger charge is -2.35. The van der Waals surface area contributed by atoms with Crippen molar-refractivity contribution >= 4 is 23.6 Å². The van der Waals surface area contributed by atoms with Gasteiger partial charge >= 0.3 is 5.97 Å². The second-order valence-corrected chi connectivity index (χ2v) is 4.36. The van der Waals surface area contributed by atoms with Crippen molar-refractivity contribution in [3.05, 3.63) is 11.0 Å². The van der Waals surface area contributed by atoms with E-state index in [-0.39, 0.29) is 17.9 Å². The van der Waals surface area contributed by atoms with Gasteiger partial charge in [0.15, 0.2) is 6.04 Å². The zero-order valence-corrected chi connectivity index (χ0v) is 8.03. The van der Waals surface area contributed by atoms with E-state index in [1.807, 2.05) is 0 Å². The minimum atomic E-state index is -1.03. The Balaban J connectivity index is 2.26. The number of hydrogen-bond acceptors (Lipinski definition) is 4. The minimum absolute atomic E-state index is 0.0404. The Morgan fingerprint density at radius 1 is 1.71 bits per heavy atom. The molecule has 5 nitrogen and oxygen atoms in total. The summed E-state index contributed by atoms with van der Waals surface area (Å²) in [4.78, 5) is 23.9. The van der Waals surface area contributed by atoms with E-state index in [0.717, 1.165) is 0 Å². The van der Waals surface area contributed by atoms with Crippen LogP contribution in [0.3, 0.4) is 0 Å². The number of β-lactam (4-membered cyclic amide) rings is 1. The highest BCUT2D eigenvalue weighted by atomic mass is 32.2. The quantitative estimate of drug-likeness (QED) is 0.614. The highest BCUT2D eigenvalue weighted by molar-refractivity contribution is 8.04. The summed E-state index contributed by atoms with van der Waals surface area (Å²) in [6.07, 6.45) is 1.85. The smallest absolute Gasteiger partial charge is 0.331 e. The number of carbonyl (C=O) groups excluding carboxylic acids is 1. The number of nitrogens with zero attached hydrogens (tertiary/aromatic N) is 1. The molecule has 0 bridgehead atoms. The number of aliphatic hydroxyl groups excluding tert-OH is 1. The van der Waals surface area contributed by atoms with Crippen molar-refractivity contribution < 1.29 is 19.8 Å². The fourth-order valence-corrected chi connectivity index (χ4v) is 3.07. The lowest BCUT2D eigenvalue weighted by Crippen LogP contribution is -2.53. The Labute approximate surface area is 84.4 Å². The molecule has 2 fully saturated rings. The fourth-order valence-electron chi connectivity index (χ4n) is 1.66. The number of carboxylic acids is 1. The van der Waals surface area contributed by atoms with E-state index in [1.54, 1.807) is 0 Å². The average Bonchev–Trinajstić information content (AvgIpc) is 2.39. The van der Waals surface area contributed by atoms with Crippen molar-refractivity contribution in [2.24, 2.45) is 0 Å². The van der Waals surface area contributed by atoms with Gasteiger partial charge in [-0.05, 0) is 6.08 Å². The summed E-state index contributed by atoms with van der Waals surface area (Å²) in [7, 11) is 0. The third-order valence-electron chi connectivity index (χ3n) is 2.29. The molecule has 0 aromatic heterocycles. The van der Waals surface area contributed by atoms with E-state index in [0.29, 0.717) is 11.3 Å². The zero-order chi connectivity index (χ0) is 10.3. The molecule has 0 aliphatic carbocycles. The lowest BCUT2D eigenvalue weighted by atomic mass is 10.1. The van der Waals surface area contributed by atoms with E-state index in [4.69, 9.17) is 10.2 Å². The molecule has 2 heterocycles. The van der Waals surface area contributed by atoms with Gasteiger partial charge in [0.2, 0.25) is 5.91 Å². The van der Waals surface area contributed by atoms with E-state index in [1.165, 1.54) is 22.7 Å². The first-order chi connectivity index (χ1) is 6.65. The Kier molecular flexibility index (Phi) is 2.24. The van der Waals surface area contributed by atoms with Gasteiger partial charge in [-0.15, -0.1) is 11.8 Å². The molecular weight excluding hydrogens is 206 g/mol. The van der Waals surface area contributed by atoms with Crippen LogP contribution in [0.1, 0.15) is 6.42 Å².